The van der Waals surface area contributed by atoms with Crippen LogP contribution in [-0.2, 0) is 9.53 Å². The number of hydrogen-bond acceptors (Lipinski definition) is 3. The number of carbonyl (C=O) groups is 1. The highest BCUT2D eigenvalue weighted by Crippen LogP contribution is 2.09. The van der Waals surface area contributed by atoms with E-state index in [9.17, 15) is 9.18 Å². The van der Waals surface area contributed by atoms with Crippen molar-refractivity contribution in [1.82, 2.24) is 0 Å². The molecule has 2 atom stereocenters. The molecule has 12 heavy (non-hydrogen) atoms. The number of rotatable bonds is 2. The highest BCUT2D eigenvalue weighted by atomic mass is 19.1. The van der Waals surface area contributed by atoms with Gasteiger partial charge in [0.2, 0.25) is 0 Å². The summed E-state index contributed by atoms with van der Waals surface area (Å²) in [5.41, 5.74) is 4.61. The second kappa shape index (κ2) is 3.85. The first-order chi connectivity index (χ1) is 5.24. The highest BCUT2D eigenvalue weighted by Gasteiger charge is 2.26. The second-order valence-corrected chi connectivity index (χ2v) is 3.74. The molecule has 2 N–H and O–H groups in total. The lowest BCUT2D eigenvalue weighted by Crippen LogP contribution is -2.42. The maximum Gasteiger partial charge on any atom is 0.326 e. The number of esters is 1. The maximum absolute atomic E-state index is 12.5. The molecule has 0 spiro atoms. The fourth-order valence-electron chi connectivity index (χ4n) is 0.557. The standard InChI is InChI=1S/C8H16FNO2/c1-5(9)6(10)7(11)12-8(2,3)4/h5-6H,10H2,1-4H3/t5-,6+/m1/s1. The molecule has 0 aromatic heterocycles. The van der Waals surface area contributed by atoms with Crippen LogP contribution in [0, 0.1) is 0 Å². The first-order valence-electron chi connectivity index (χ1n) is 3.86. The Kier molecular flexibility index (Phi) is 3.64. The molecule has 0 saturated carbocycles. The summed E-state index contributed by atoms with van der Waals surface area (Å²) < 4.78 is 17.4. The van der Waals surface area contributed by atoms with Crippen LogP contribution >= 0.6 is 0 Å². The molecule has 0 bridgehead atoms. The van der Waals surface area contributed by atoms with Gasteiger partial charge in [-0.3, -0.25) is 4.79 Å². The van der Waals surface area contributed by atoms with E-state index in [0.717, 1.165) is 0 Å². The molecule has 3 nitrogen and oxygen atoms in total. The third kappa shape index (κ3) is 4.28. The van der Waals surface area contributed by atoms with E-state index in [1.165, 1.54) is 6.92 Å². The molecule has 0 aromatic rings. The molecule has 0 heterocycles. The van der Waals surface area contributed by atoms with E-state index >= 15 is 0 Å². The molecular weight excluding hydrogens is 161 g/mol. The van der Waals surface area contributed by atoms with Crippen LogP contribution in [0.4, 0.5) is 4.39 Å². The minimum absolute atomic E-state index is 0.608. The van der Waals surface area contributed by atoms with Crippen molar-refractivity contribution < 1.29 is 13.9 Å². The smallest absolute Gasteiger partial charge is 0.326 e. The zero-order valence-corrected chi connectivity index (χ0v) is 7.93. The van der Waals surface area contributed by atoms with Gasteiger partial charge < -0.3 is 10.5 Å². The molecule has 4 heteroatoms. The van der Waals surface area contributed by atoms with E-state index in [2.05, 4.69) is 0 Å². The molecule has 0 radical (unpaired) electrons. The predicted molar refractivity (Wildman–Crippen MR) is 44.4 cm³/mol. The van der Waals surface area contributed by atoms with Crippen molar-refractivity contribution in [2.45, 2.75) is 45.5 Å². The van der Waals surface area contributed by atoms with Gasteiger partial charge >= 0.3 is 5.97 Å². The fourth-order valence-corrected chi connectivity index (χ4v) is 0.557. The number of alkyl halides is 1. The molecule has 0 aromatic carbocycles. The molecule has 0 rings (SSSR count). The van der Waals surface area contributed by atoms with Gasteiger partial charge in [-0.1, -0.05) is 0 Å². The van der Waals surface area contributed by atoms with E-state index in [1.807, 2.05) is 0 Å². The van der Waals surface area contributed by atoms with Crippen molar-refractivity contribution in [3.05, 3.63) is 0 Å². The van der Waals surface area contributed by atoms with Gasteiger partial charge in [0.05, 0.1) is 0 Å². The minimum Gasteiger partial charge on any atom is -0.459 e. The van der Waals surface area contributed by atoms with E-state index in [4.69, 9.17) is 10.5 Å². The van der Waals surface area contributed by atoms with Crippen LogP contribution in [0.25, 0.3) is 0 Å². The third-order valence-corrected chi connectivity index (χ3v) is 1.17. The van der Waals surface area contributed by atoms with Crippen LogP contribution in [0.3, 0.4) is 0 Å². The molecular formula is C8H16FNO2. The van der Waals surface area contributed by atoms with Crippen LogP contribution in [0.1, 0.15) is 27.7 Å². The van der Waals surface area contributed by atoms with Crippen LogP contribution in [-0.4, -0.2) is 23.8 Å². The monoisotopic (exact) mass is 177 g/mol. The number of nitrogens with two attached hydrogens (primary N) is 1. The molecule has 0 unspecified atom stereocenters. The average Bonchev–Trinajstić information content (AvgIpc) is 1.82. The van der Waals surface area contributed by atoms with E-state index in [1.54, 1.807) is 20.8 Å². The van der Waals surface area contributed by atoms with Crippen LogP contribution in [0.15, 0.2) is 0 Å². The van der Waals surface area contributed by atoms with Crippen molar-refractivity contribution in [3.8, 4) is 0 Å². The Labute approximate surface area is 72.1 Å². The molecule has 0 amide bonds. The first kappa shape index (κ1) is 11.4. The Balaban J connectivity index is 4.05. The molecule has 0 aliphatic heterocycles. The maximum atomic E-state index is 12.5. The summed E-state index contributed by atoms with van der Waals surface area (Å²) >= 11 is 0. The van der Waals surface area contributed by atoms with Crippen molar-refractivity contribution in [1.29, 1.82) is 0 Å². The van der Waals surface area contributed by atoms with Crippen molar-refractivity contribution in [3.63, 3.8) is 0 Å². The van der Waals surface area contributed by atoms with E-state index in [-0.39, 0.29) is 0 Å². The predicted octanol–water partition coefficient (Wildman–Crippen LogP) is 1.01. The lowest BCUT2D eigenvalue weighted by molar-refractivity contribution is -0.157. The Hall–Kier alpha value is -0.640. The lowest BCUT2D eigenvalue weighted by Gasteiger charge is -2.22. The minimum atomic E-state index is -1.38. The molecule has 0 aliphatic carbocycles. The second-order valence-electron chi connectivity index (χ2n) is 3.74. The largest absolute Gasteiger partial charge is 0.459 e. The van der Waals surface area contributed by atoms with Gasteiger partial charge in [-0.15, -0.1) is 0 Å². The summed E-state index contributed by atoms with van der Waals surface area (Å²) in [7, 11) is 0. The quantitative estimate of drug-likeness (QED) is 0.640. The summed E-state index contributed by atoms with van der Waals surface area (Å²) in [5, 5.41) is 0. The zero-order valence-electron chi connectivity index (χ0n) is 7.93. The Bertz CT molecular complexity index is 163. The number of halogens is 1. The van der Waals surface area contributed by atoms with Gasteiger partial charge in [-0.05, 0) is 27.7 Å². The van der Waals surface area contributed by atoms with Crippen LogP contribution < -0.4 is 5.73 Å². The Morgan fingerprint density at radius 2 is 1.92 bits per heavy atom. The van der Waals surface area contributed by atoms with Crippen molar-refractivity contribution in [2.75, 3.05) is 0 Å². The highest BCUT2D eigenvalue weighted by molar-refractivity contribution is 5.76. The first-order valence-corrected chi connectivity index (χ1v) is 3.86. The molecule has 0 saturated heterocycles. The van der Waals surface area contributed by atoms with E-state index in [0.29, 0.717) is 0 Å². The summed E-state index contributed by atoms with van der Waals surface area (Å²) in [5.74, 6) is -0.697. The molecule has 0 aliphatic rings. The summed E-state index contributed by atoms with van der Waals surface area (Å²) in [6.45, 7) is 6.36. The van der Waals surface area contributed by atoms with Crippen molar-refractivity contribution >= 4 is 5.97 Å². The Morgan fingerprint density at radius 1 is 1.50 bits per heavy atom. The van der Waals surface area contributed by atoms with E-state index < -0.39 is 23.8 Å². The van der Waals surface area contributed by atoms with Gasteiger partial charge in [0.15, 0.2) is 0 Å². The topological polar surface area (TPSA) is 52.3 Å². The lowest BCUT2D eigenvalue weighted by atomic mass is 10.1. The van der Waals surface area contributed by atoms with Gasteiger partial charge in [-0.2, -0.15) is 0 Å². The fraction of sp³-hybridized carbons (Fsp3) is 0.875. The normalized spacial score (nSPS) is 16.8. The zero-order chi connectivity index (χ0) is 9.94. The van der Waals surface area contributed by atoms with Gasteiger partial charge in [-0.25, -0.2) is 4.39 Å². The molecule has 0 fully saturated rings. The SMILES string of the molecule is C[C@@H](F)[C@H](N)C(=O)OC(C)(C)C. The van der Waals surface area contributed by atoms with Crippen molar-refractivity contribution in [2.24, 2.45) is 5.73 Å². The van der Waals surface area contributed by atoms with Crippen LogP contribution in [0.5, 0.6) is 0 Å². The number of carbonyl (C=O) groups excluding carboxylic acids is 1. The van der Waals surface area contributed by atoms with Crippen LogP contribution in [0.2, 0.25) is 0 Å². The third-order valence-electron chi connectivity index (χ3n) is 1.17. The molecule has 72 valence electrons. The number of hydrogen-bond donors (Lipinski definition) is 1. The van der Waals surface area contributed by atoms with Gasteiger partial charge in [0.25, 0.3) is 0 Å². The Morgan fingerprint density at radius 3 is 2.17 bits per heavy atom. The summed E-state index contributed by atoms with van der Waals surface area (Å²) in [6, 6.07) is -1.18. The van der Waals surface area contributed by atoms with Gasteiger partial charge in [0, 0.05) is 0 Å². The van der Waals surface area contributed by atoms with Gasteiger partial charge in [0.1, 0.15) is 17.8 Å². The summed E-state index contributed by atoms with van der Waals surface area (Å²) in [6.07, 6.45) is -1.38. The summed E-state index contributed by atoms with van der Waals surface area (Å²) in [4.78, 5) is 11.0. The average molecular weight is 177 g/mol. The number of ether oxygens (including phenoxy) is 1.